The van der Waals surface area contributed by atoms with Crippen molar-refractivity contribution in [2.45, 2.75) is 12.5 Å². The van der Waals surface area contributed by atoms with Crippen LogP contribution in [0.5, 0.6) is 0 Å². The highest BCUT2D eigenvalue weighted by molar-refractivity contribution is 5.97. The van der Waals surface area contributed by atoms with Crippen LogP contribution in [0.15, 0.2) is 54.6 Å². The summed E-state index contributed by atoms with van der Waals surface area (Å²) in [6.45, 7) is 0. The van der Waals surface area contributed by atoms with Crippen molar-refractivity contribution in [3.05, 3.63) is 77.5 Å². The number of carbonyl (C=O) groups is 2. The van der Waals surface area contributed by atoms with Gasteiger partial charge in [-0.25, -0.2) is 8.78 Å². The number of fused-ring (bicyclic) bond motifs is 1. The Kier molecular flexibility index (Phi) is 4.88. The van der Waals surface area contributed by atoms with E-state index in [1.165, 1.54) is 6.07 Å². The van der Waals surface area contributed by atoms with Gasteiger partial charge in [0.05, 0.1) is 11.1 Å². The number of primary amides is 1. The average Bonchev–Trinajstić information content (AvgIpc) is 2.63. The fourth-order valence-electron chi connectivity index (χ4n) is 2.57. The number of halogens is 2. The minimum absolute atomic E-state index is 0.0306. The lowest BCUT2D eigenvalue weighted by molar-refractivity contribution is -0.119. The van der Waals surface area contributed by atoms with Crippen LogP contribution in [0.3, 0.4) is 0 Å². The van der Waals surface area contributed by atoms with Crippen LogP contribution < -0.4 is 11.1 Å². The summed E-state index contributed by atoms with van der Waals surface area (Å²) in [6.07, 6.45) is 0.0306. The summed E-state index contributed by atoms with van der Waals surface area (Å²) < 4.78 is 27.0. The van der Waals surface area contributed by atoms with Crippen molar-refractivity contribution < 1.29 is 18.4 Å². The van der Waals surface area contributed by atoms with E-state index in [2.05, 4.69) is 10.3 Å². The van der Waals surface area contributed by atoms with Crippen LogP contribution in [-0.4, -0.2) is 22.8 Å². The second-order valence-corrected chi connectivity index (χ2v) is 5.73. The Hall–Kier alpha value is -3.35. The van der Waals surface area contributed by atoms with E-state index in [0.717, 1.165) is 23.0 Å². The molecular formula is C19H15F2N3O2. The first kappa shape index (κ1) is 17.5. The normalized spacial score (nSPS) is 11.9. The maximum Gasteiger partial charge on any atom is 0.255 e. The van der Waals surface area contributed by atoms with Crippen LogP contribution in [0.2, 0.25) is 0 Å². The Balaban J connectivity index is 1.81. The van der Waals surface area contributed by atoms with E-state index in [9.17, 15) is 18.4 Å². The molecule has 3 N–H and O–H groups in total. The second-order valence-electron chi connectivity index (χ2n) is 5.73. The molecule has 26 heavy (non-hydrogen) atoms. The van der Waals surface area contributed by atoms with Crippen molar-refractivity contribution in [3.63, 3.8) is 0 Å². The van der Waals surface area contributed by atoms with E-state index in [4.69, 9.17) is 5.73 Å². The largest absolute Gasteiger partial charge is 0.368 e. The van der Waals surface area contributed by atoms with E-state index >= 15 is 0 Å². The molecule has 0 radical (unpaired) electrons. The molecule has 1 atom stereocenters. The SMILES string of the molecule is NC(=O)[C@@H](Cc1ccc2ccccc2n1)NC(=O)c1cccc(F)c1F. The Morgan fingerprint density at radius 1 is 1.04 bits per heavy atom. The first-order valence-corrected chi connectivity index (χ1v) is 7.84. The zero-order chi connectivity index (χ0) is 18.7. The Bertz CT molecular complexity index is 991. The number of nitrogens with one attached hydrogen (secondary N) is 1. The number of benzene rings is 2. The molecule has 2 amide bonds. The van der Waals surface area contributed by atoms with Gasteiger partial charge in [0.2, 0.25) is 5.91 Å². The molecule has 3 rings (SSSR count). The maximum atomic E-state index is 13.7. The van der Waals surface area contributed by atoms with Gasteiger partial charge in [-0.3, -0.25) is 14.6 Å². The summed E-state index contributed by atoms with van der Waals surface area (Å²) in [6, 6.07) is 13.1. The van der Waals surface area contributed by atoms with Gasteiger partial charge in [-0.15, -0.1) is 0 Å². The van der Waals surface area contributed by atoms with Crippen molar-refractivity contribution in [2.24, 2.45) is 5.73 Å². The maximum absolute atomic E-state index is 13.7. The molecule has 132 valence electrons. The summed E-state index contributed by atoms with van der Waals surface area (Å²) in [5.41, 5.74) is 6.11. The van der Waals surface area contributed by atoms with Gasteiger partial charge in [0.1, 0.15) is 6.04 Å². The fraction of sp³-hybridized carbons (Fsp3) is 0.105. The lowest BCUT2D eigenvalue weighted by Crippen LogP contribution is -2.46. The Labute approximate surface area is 147 Å². The highest BCUT2D eigenvalue weighted by Crippen LogP contribution is 2.14. The number of carbonyl (C=O) groups excluding carboxylic acids is 2. The molecule has 1 heterocycles. The van der Waals surface area contributed by atoms with Crippen molar-refractivity contribution in [3.8, 4) is 0 Å². The fourth-order valence-corrected chi connectivity index (χ4v) is 2.57. The Morgan fingerprint density at radius 3 is 2.58 bits per heavy atom. The summed E-state index contributed by atoms with van der Waals surface area (Å²) in [5, 5.41) is 3.27. The first-order chi connectivity index (χ1) is 12.5. The molecule has 0 aliphatic carbocycles. The minimum Gasteiger partial charge on any atom is -0.368 e. The zero-order valence-corrected chi connectivity index (χ0v) is 13.6. The summed E-state index contributed by atoms with van der Waals surface area (Å²) in [7, 11) is 0. The number of pyridine rings is 1. The third-order valence-electron chi connectivity index (χ3n) is 3.91. The monoisotopic (exact) mass is 355 g/mol. The van der Waals surface area contributed by atoms with Crippen LogP contribution in [0.4, 0.5) is 8.78 Å². The molecule has 0 saturated heterocycles. The van der Waals surface area contributed by atoms with Gasteiger partial charge in [0.15, 0.2) is 11.6 Å². The van der Waals surface area contributed by atoms with Crippen LogP contribution in [0.25, 0.3) is 10.9 Å². The lowest BCUT2D eigenvalue weighted by atomic mass is 10.1. The predicted octanol–water partition coefficient (Wildman–Crippen LogP) is 2.34. The predicted molar refractivity (Wildman–Crippen MR) is 92.3 cm³/mol. The number of amides is 2. The number of para-hydroxylation sites is 1. The van der Waals surface area contributed by atoms with E-state index in [1.807, 2.05) is 30.3 Å². The molecule has 2 aromatic carbocycles. The van der Waals surface area contributed by atoms with E-state index in [-0.39, 0.29) is 6.42 Å². The quantitative estimate of drug-likeness (QED) is 0.737. The van der Waals surface area contributed by atoms with Crippen molar-refractivity contribution in [1.29, 1.82) is 0 Å². The molecule has 0 saturated carbocycles. The van der Waals surface area contributed by atoms with Crippen LogP contribution in [0.1, 0.15) is 16.1 Å². The number of hydrogen-bond acceptors (Lipinski definition) is 3. The van der Waals surface area contributed by atoms with E-state index < -0.39 is 35.1 Å². The van der Waals surface area contributed by atoms with Crippen molar-refractivity contribution >= 4 is 22.7 Å². The second kappa shape index (κ2) is 7.26. The molecule has 1 aromatic heterocycles. The van der Waals surface area contributed by atoms with Gasteiger partial charge in [0.25, 0.3) is 5.91 Å². The number of nitrogens with two attached hydrogens (primary N) is 1. The molecule has 0 aliphatic heterocycles. The van der Waals surface area contributed by atoms with Crippen molar-refractivity contribution in [1.82, 2.24) is 10.3 Å². The van der Waals surface area contributed by atoms with Gasteiger partial charge in [-0.1, -0.05) is 30.3 Å². The van der Waals surface area contributed by atoms with Crippen LogP contribution in [0, 0.1) is 11.6 Å². The molecule has 0 aliphatic rings. The number of aromatic nitrogens is 1. The summed E-state index contributed by atoms with van der Waals surface area (Å²) in [4.78, 5) is 28.3. The van der Waals surface area contributed by atoms with Gasteiger partial charge in [-0.2, -0.15) is 0 Å². The number of hydrogen-bond donors (Lipinski definition) is 2. The van der Waals surface area contributed by atoms with Crippen LogP contribution >= 0.6 is 0 Å². The smallest absolute Gasteiger partial charge is 0.255 e. The number of rotatable bonds is 5. The van der Waals surface area contributed by atoms with Gasteiger partial charge in [0, 0.05) is 17.5 Å². The zero-order valence-electron chi connectivity index (χ0n) is 13.6. The van der Waals surface area contributed by atoms with Crippen molar-refractivity contribution in [2.75, 3.05) is 0 Å². The lowest BCUT2D eigenvalue weighted by Gasteiger charge is -2.16. The standard InChI is InChI=1S/C19H15F2N3O2/c20-14-6-3-5-13(17(14)21)19(26)24-16(18(22)25)10-12-9-8-11-4-1-2-7-15(11)23-12/h1-9,16H,10H2,(H2,22,25)(H,24,26)/t16-/m1/s1. The average molecular weight is 355 g/mol. The minimum atomic E-state index is -1.28. The van der Waals surface area contributed by atoms with Gasteiger partial charge in [-0.05, 0) is 24.3 Å². The number of nitrogens with zero attached hydrogens (tertiary/aromatic N) is 1. The highest BCUT2D eigenvalue weighted by atomic mass is 19.2. The van der Waals surface area contributed by atoms with Crippen LogP contribution in [-0.2, 0) is 11.2 Å². The third-order valence-corrected chi connectivity index (χ3v) is 3.91. The van der Waals surface area contributed by atoms with E-state index in [0.29, 0.717) is 5.69 Å². The summed E-state index contributed by atoms with van der Waals surface area (Å²) in [5.74, 6) is -4.15. The molecule has 0 spiro atoms. The summed E-state index contributed by atoms with van der Waals surface area (Å²) >= 11 is 0. The molecule has 7 heteroatoms. The molecule has 3 aromatic rings. The highest BCUT2D eigenvalue weighted by Gasteiger charge is 2.23. The molecular weight excluding hydrogens is 340 g/mol. The molecule has 0 unspecified atom stereocenters. The Morgan fingerprint density at radius 2 is 1.81 bits per heavy atom. The third kappa shape index (κ3) is 3.66. The van der Waals surface area contributed by atoms with Gasteiger partial charge >= 0.3 is 0 Å². The molecule has 0 fully saturated rings. The molecule has 5 nitrogen and oxygen atoms in total. The van der Waals surface area contributed by atoms with E-state index in [1.54, 1.807) is 6.07 Å². The first-order valence-electron chi connectivity index (χ1n) is 7.84. The van der Waals surface area contributed by atoms with Gasteiger partial charge < -0.3 is 11.1 Å². The topological polar surface area (TPSA) is 85.1 Å². The molecule has 0 bridgehead atoms.